The molecule has 8 heteroatoms. The molecule has 0 saturated carbocycles. The summed E-state index contributed by atoms with van der Waals surface area (Å²) in [4.78, 5) is 28.4. The highest BCUT2D eigenvalue weighted by molar-refractivity contribution is 7.92. The molecular weight excluding hydrogens is 498 g/mol. The van der Waals surface area contributed by atoms with Crippen molar-refractivity contribution in [2.45, 2.75) is 52.1 Å². The predicted octanol–water partition coefficient (Wildman–Crippen LogP) is 4.69. The van der Waals surface area contributed by atoms with E-state index in [-0.39, 0.29) is 23.3 Å². The van der Waals surface area contributed by atoms with Gasteiger partial charge in [-0.25, -0.2) is 8.42 Å². The van der Waals surface area contributed by atoms with Crippen LogP contribution in [0.25, 0.3) is 0 Å². The fraction of sp³-hybridized carbons (Fsp3) is 0.333. The van der Waals surface area contributed by atoms with Gasteiger partial charge in [-0.2, -0.15) is 0 Å². The first kappa shape index (κ1) is 28.9. The Morgan fingerprint density at radius 1 is 0.816 bits per heavy atom. The van der Waals surface area contributed by atoms with Crippen molar-refractivity contribution in [1.29, 1.82) is 0 Å². The SMILES string of the molecule is Cc1ccc(N(CC(=O)N(Cc2ccccc2)[C@H](C)C(=O)NCC(C)C)S(=O)(=O)c2ccc(C)cc2)cc1. The van der Waals surface area contributed by atoms with Crippen LogP contribution in [0.2, 0.25) is 0 Å². The molecule has 38 heavy (non-hydrogen) atoms. The average Bonchev–Trinajstić information content (AvgIpc) is 2.89. The quantitative estimate of drug-likeness (QED) is 0.386. The standard InChI is InChI=1S/C30H37N3O4S/c1-22(2)19-31-30(35)25(5)32(20-26-9-7-6-8-10-26)29(34)21-33(27-15-11-23(3)12-16-27)38(36,37)28-17-13-24(4)14-18-28/h6-18,22,25H,19-21H2,1-5H3,(H,31,35)/t25-/m1/s1. The lowest BCUT2D eigenvalue weighted by atomic mass is 10.1. The van der Waals surface area contributed by atoms with E-state index in [1.165, 1.54) is 4.90 Å². The molecule has 0 heterocycles. The topological polar surface area (TPSA) is 86.8 Å². The van der Waals surface area contributed by atoms with Crippen LogP contribution in [0.1, 0.15) is 37.5 Å². The van der Waals surface area contributed by atoms with Gasteiger partial charge < -0.3 is 10.2 Å². The molecule has 1 atom stereocenters. The highest BCUT2D eigenvalue weighted by Crippen LogP contribution is 2.25. The summed E-state index contributed by atoms with van der Waals surface area (Å²) in [5.74, 6) is -0.510. The monoisotopic (exact) mass is 535 g/mol. The molecular formula is C30H37N3O4S. The van der Waals surface area contributed by atoms with Gasteiger partial charge in [-0.15, -0.1) is 0 Å². The zero-order chi connectivity index (χ0) is 27.9. The number of anilines is 1. The Hall–Kier alpha value is -3.65. The molecule has 7 nitrogen and oxygen atoms in total. The van der Waals surface area contributed by atoms with E-state index < -0.39 is 28.5 Å². The second kappa shape index (κ2) is 12.7. The van der Waals surface area contributed by atoms with E-state index >= 15 is 0 Å². The molecule has 3 rings (SSSR count). The molecule has 3 aromatic rings. The van der Waals surface area contributed by atoms with Gasteiger partial charge in [-0.1, -0.05) is 79.6 Å². The third kappa shape index (κ3) is 7.44. The Labute approximate surface area is 226 Å². The van der Waals surface area contributed by atoms with Crippen LogP contribution >= 0.6 is 0 Å². The molecule has 0 radical (unpaired) electrons. The molecule has 0 bridgehead atoms. The van der Waals surface area contributed by atoms with Gasteiger partial charge in [0.2, 0.25) is 11.8 Å². The Kier molecular flexibility index (Phi) is 9.69. The van der Waals surface area contributed by atoms with Crippen LogP contribution in [-0.4, -0.2) is 44.3 Å². The zero-order valence-corrected chi connectivity index (χ0v) is 23.5. The highest BCUT2D eigenvalue weighted by Gasteiger charge is 2.32. The third-order valence-electron chi connectivity index (χ3n) is 6.26. The molecule has 0 unspecified atom stereocenters. The maximum Gasteiger partial charge on any atom is 0.264 e. The molecule has 0 fully saturated rings. The van der Waals surface area contributed by atoms with E-state index in [4.69, 9.17) is 0 Å². The molecule has 2 amide bonds. The first-order valence-corrected chi connectivity index (χ1v) is 14.2. The maximum absolute atomic E-state index is 13.9. The van der Waals surface area contributed by atoms with Gasteiger partial charge >= 0.3 is 0 Å². The van der Waals surface area contributed by atoms with Crippen molar-refractivity contribution in [3.63, 3.8) is 0 Å². The van der Waals surface area contributed by atoms with Crippen molar-refractivity contribution in [2.75, 3.05) is 17.4 Å². The molecule has 1 N–H and O–H groups in total. The second-order valence-corrected chi connectivity index (χ2v) is 11.8. The maximum atomic E-state index is 13.9. The Morgan fingerprint density at radius 3 is 1.92 bits per heavy atom. The molecule has 0 aliphatic heterocycles. The molecule has 0 aliphatic carbocycles. The first-order chi connectivity index (χ1) is 18.0. The Bertz CT molecular complexity index is 1320. The van der Waals surface area contributed by atoms with Gasteiger partial charge in [0, 0.05) is 13.1 Å². The van der Waals surface area contributed by atoms with Gasteiger partial charge in [-0.3, -0.25) is 13.9 Å². The van der Waals surface area contributed by atoms with Crippen LogP contribution in [0.3, 0.4) is 0 Å². The van der Waals surface area contributed by atoms with Crippen molar-refractivity contribution in [3.8, 4) is 0 Å². The number of carbonyl (C=O) groups excluding carboxylic acids is 2. The molecule has 0 spiro atoms. The summed E-state index contributed by atoms with van der Waals surface area (Å²) in [6.07, 6.45) is 0. The van der Waals surface area contributed by atoms with Crippen LogP contribution in [0.15, 0.2) is 83.8 Å². The van der Waals surface area contributed by atoms with Gasteiger partial charge in [0.15, 0.2) is 0 Å². The molecule has 202 valence electrons. The summed E-state index contributed by atoms with van der Waals surface area (Å²) < 4.78 is 28.7. The number of amides is 2. The molecule has 3 aromatic carbocycles. The summed E-state index contributed by atoms with van der Waals surface area (Å²) >= 11 is 0. The second-order valence-electron chi connectivity index (χ2n) is 9.98. The van der Waals surface area contributed by atoms with E-state index in [2.05, 4.69) is 5.32 Å². The zero-order valence-electron chi connectivity index (χ0n) is 22.7. The Morgan fingerprint density at radius 2 is 1.37 bits per heavy atom. The number of hydrogen-bond acceptors (Lipinski definition) is 4. The van der Waals surface area contributed by atoms with E-state index in [1.807, 2.05) is 58.0 Å². The predicted molar refractivity (Wildman–Crippen MR) is 151 cm³/mol. The first-order valence-electron chi connectivity index (χ1n) is 12.8. The summed E-state index contributed by atoms with van der Waals surface area (Å²) in [6, 6.07) is 22.1. The summed E-state index contributed by atoms with van der Waals surface area (Å²) in [7, 11) is -4.07. The minimum absolute atomic E-state index is 0.0915. The number of sulfonamides is 1. The summed E-state index contributed by atoms with van der Waals surface area (Å²) in [6.45, 7) is 9.64. The number of nitrogens with zero attached hydrogens (tertiary/aromatic N) is 2. The average molecular weight is 536 g/mol. The number of aryl methyl sites for hydroxylation is 2. The van der Waals surface area contributed by atoms with E-state index in [9.17, 15) is 18.0 Å². The summed E-state index contributed by atoms with van der Waals surface area (Å²) in [5, 5.41) is 2.89. The van der Waals surface area contributed by atoms with Gasteiger partial charge in [0.05, 0.1) is 10.6 Å². The Balaban J connectivity index is 1.99. The van der Waals surface area contributed by atoms with Crippen LogP contribution < -0.4 is 9.62 Å². The van der Waals surface area contributed by atoms with Crippen molar-refractivity contribution in [3.05, 3.63) is 95.6 Å². The van der Waals surface area contributed by atoms with Crippen LogP contribution in [0.5, 0.6) is 0 Å². The van der Waals surface area contributed by atoms with Crippen LogP contribution in [0, 0.1) is 19.8 Å². The number of benzene rings is 3. The highest BCUT2D eigenvalue weighted by atomic mass is 32.2. The lowest BCUT2D eigenvalue weighted by Gasteiger charge is -2.32. The van der Waals surface area contributed by atoms with Crippen molar-refractivity contribution >= 4 is 27.5 Å². The number of rotatable bonds is 11. The number of carbonyl (C=O) groups is 2. The van der Waals surface area contributed by atoms with Gasteiger partial charge in [0.25, 0.3) is 10.0 Å². The number of hydrogen-bond donors (Lipinski definition) is 1. The minimum Gasteiger partial charge on any atom is -0.354 e. The van der Waals surface area contributed by atoms with Crippen molar-refractivity contribution in [2.24, 2.45) is 5.92 Å². The van der Waals surface area contributed by atoms with E-state index in [0.29, 0.717) is 12.2 Å². The van der Waals surface area contributed by atoms with E-state index in [1.54, 1.807) is 55.5 Å². The van der Waals surface area contributed by atoms with Gasteiger partial charge in [-0.05, 0) is 56.5 Å². The van der Waals surface area contributed by atoms with Crippen LogP contribution in [-0.2, 0) is 26.2 Å². The number of nitrogens with one attached hydrogen (secondary N) is 1. The fourth-order valence-electron chi connectivity index (χ4n) is 3.89. The lowest BCUT2D eigenvalue weighted by Crippen LogP contribution is -2.51. The largest absolute Gasteiger partial charge is 0.354 e. The minimum atomic E-state index is -4.07. The smallest absolute Gasteiger partial charge is 0.264 e. The van der Waals surface area contributed by atoms with Crippen LogP contribution in [0.4, 0.5) is 5.69 Å². The normalized spacial score (nSPS) is 12.2. The van der Waals surface area contributed by atoms with Gasteiger partial charge in [0.1, 0.15) is 12.6 Å². The molecule has 0 aromatic heterocycles. The molecule has 0 saturated heterocycles. The third-order valence-corrected chi connectivity index (χ3v) is 8.05. The van der Waals surface area contributed by atoms with Crippen molar-refractivity contribution < 1.29 is 18.0 Å². The van der Waals surface area contributed by atoms with E-state index in [0.717, 1.165) is 21.0 Å². The fourth-order valence-corrected chi connectivity index (χ4v) is 5.31. The molecule has 0 aliphatic rings. The van der Waals surface area contributed by atoms with Crippen molar-refractivity contribution in [1.82, 2.24) is 10.2 Å². The summed E-state index contributed by atoms with van der Waals surface area (Å²) in [5.41, 5.74) is 3.11. The lowest BCUT2D eigenvalue weighted by molar-refractivity contribution is -0.139.